The number of carbonyl (C=O) groups excluding carboxylic acids is 1. The number of rotatable bonds is 8. The third-order valence-electron chi connectivity index (χ3n) is 5.81. The molecule has 1 N–H and O–H groups in total. The van der Waals surface area contributed by atoms with E-state index in [1.54, 1.807) is 39.5 Å². The number of pyridine rings is 1. The van der Waals surface area contributed by atoms with Crippen LogP contribution < -0.4 is 19.5 Å². The first-order valence-corrected chi connectivity index (χ1v) is 11.0. The van der Waals surface area contributed by atoms with E-state index in [1.165, 1.54) is 0 Å². The highest BCUT2D eigenvalue weighted by Crippen LogP contribution is 2.32. The number of anilines is 1. The van der Waals surface area contributed by atoms with E-state index in [0.717, 1.165) is 33.5 Å². The van der Waals surface area contributed by atoms with E-state index in [4.69, 9.17) is 24.3 Å². The lowest BCUT2D eigenvalue weighted by Crippen LogP contribution is -2.14. The summed E-state index contributed by atoms with van der Waals surface area (Å²) in [5.41, 5.74) is 5.02. The van der Waals surface area contributed by atoms with E-state index in [2.05, 4.69) is 5.32 Å². The highest BCUT2D eigenvalue weighted by molar-refractivity contribution is 5.93. The number of ether oxygens (including phenoxy) is 3. The fraction of sp³-hybridized carbons (Fsp3) is 0.269. The van der Waals surface area contributed by atoms with Gasteiger partial charge in [-0.3, -0.25) is 4.79 Å². The lowest BCUT2D eigenvalue weighted by molar-refractivity contribution is -0.116. The fourth-order valence-electron chi connectivity index (χ4n) is 4.10. The summed E-state index contributed by atoms with van der Waals surface area (Å²) in [5.74, 6) is 1.55. The standard InChI is InChI=1S/C26H28N4O4/c1-16-20(12-14-23(31)27-21-13-11-19(32-3)15-22(21)33-4)26(34-5)28-25-24(16)17(2)29-30(25)18-9-7-6-8-10-18/h6-11,13,15H,12,14H2,1-5H3,(H,27,31). The van der Waals surface area contributed by atoms with Crippen LogP contribution in [0.4, 0.5) is 5.69 Å². The molecular weight excluding hydrogens is 432 g/mol. The Balaban J connectivity index is 1.61. The van der Waals surface area contributed by atoms with E-state index < -0.39 is 0 Å². The molecule has 0 radical (unpaired) electrons. The van der Waals surface area contributed by atoms with Gasteiger partial charge < -0.3 is 19.5 Å². The minimum absolute atomic E-state index is 0.137. The van der Waals surface area contributed by atoms with Crippen molar-refractivity contribution in [2.45, 2.75) is 26.7 Å². The number of benzene rings is 2. The summed E-state index contributed by atoms with van der Waals surface area (Å²) in [4.78, 5) is 17.5. The highest BCUT2D eigenvalue weighted by Gasteiger charge is 2.20. The number of methoxy groups -OCH3 is 3. The van der Waals surface area contributed by atoms with Crippen LogP contribution in [-0.2, 0) is 11.2 Å². The van der Waals surface area contributed by atoms with Crippen molar-refractivity contribution in [2.24, 2.45) is 0 Å². The molecule has 8 nitrogen and oxygen atoms in total. The molecule has 0 atom stereocenters. The normalized spacial score (nSPS) is 10.9. The number of aryl methyl sites for hydroxylation is 2. The molecule has 2 heterocycles. The zero-order valence-corrected chi connectivity index (χ0v) is 20.0. The Bertz CT molecular complexity index is 1330. The van der Waals surface area contributed by atoms with Crippen LogP contribution in [0.2, 0.25) is 0 Å². The Morgan fingerprint density at radius 1 is 1.00 bits per heavy atom. The van der Waals surface area contributed by atoms with E-state index in [0.29, 0.717) is 29.5 Å². The predicted octanol–water partition coefficient (Wildman–Crippen LogP) is 4.63. The third-order valence-corrected chi connectivity index (χ3v) is 5.81. The van der Waals surface area contributed by atoms with E-state index in [9.17, 15) is 4.79 Å². The number of aromatic nitrogens is 3. The number of hydrogen-bond donors (Lipinski definition) is 1. The van der Waals surface area contributed by atoms with Crippen LogP contribution in [0.1, 0.15) is 23.2 Å². The molecule has 4 aromatic rings. The van der Waals surface area contributed by atoms with Crippen molar-refractivity contribution >= 4 is 22.6 Å². The first-order chi connectivity index (χ1) is 16.5. The zero-order chi connectivity index (χ0) is 24.2. The minimum Gasteiger partial charge on any atom is -0.497 e. The first kappa shape index (κ1) is 23.1. The number of amides is 1. The van der Waals surface area contributed by atoms with Crippen LogP contribution in [0.25, 0.3) is 16.7 Å². The predicted molar refractivity (Wildman–Crippen MR) is 131 cm³/mol. The van der Waals surface area contributed by atoms with Crippen molar-refractivity contribution in [3.8, 4) is 23.1 Å². The largest absolute Gasteiger partial charge is 0.497 e. The molecule has 0 aliphatic carbocycles. The van der Waals surface area contributed by atoms with Gasteiger partial charge in [-0.25, -0.2) is 4.68 Å². The number of nitrogens with one attached hydrogen (secondary N) is 1. The van der Waals surface area contributed by atoms with Crippen LogP contribution >= 0.6 is 0 Å². The second kappa shape index (κ2) is 9.82. The smallest absolute Gasteiger partial charge is 0.224 e. The summed E-state index contributed by atoms with van der Waals surface area (Å²) in [6, 6.07) is 15.1. The molecule has 34 heavy (non-hydrogen) atoms. The van der Waals surface area contributed by atoms with E-state index in [-0.39, 0.29) is 12.3 Å². The SMILES string of the molecule is COc1ccc(NC(=O)CCc2c(OC)nc3c(c(C)nn3-c3ccccc3)c2C)c(OC)c1. The first-order valence-electron chi connectivity index (χ1n) is 11.0. The van der Waals surface area contributed by atoms with Gasteiger partial charge in [-0.1, -0.05) is 18.2 Å². The molecule has 2 aromatic heterocycles. The maximum Gasteiger partial charge on any atom is 0.224 e. The number of hydrogen-bond acceptors (Lipinski definition) is 6. The molecule has 176 valence electrons. The van der Waals surface area contributed by atoms with Crippen molar-refractivity contribution in [1.82, 2.24) is 14.8 Å². The molecule has 0 spiro atoms. The summed E-state index contributed by atoms with van der Waals surface area (Å²) in [6.07, 6.45) is 0.726. The fourth-order valence-corrected chi connectivity index (χ4v) is 4.10. The van der Waals surface area contributed by atoms with Gasteiger partial charge in [-0.05, 0) is 50.1 Å². The van der Waals surface area contributed by atoms with Crippen molar-refractivity contribution in [3.05, 3.63) is 65.4 Å². The summed E-state index contributed by atoms with van der Waals surface area (Å²) in [5, 5.41) is 8.60. The molecule has 0 saturated carbocycles. The van der Waals surface area contributed by atoms with Crippen LogP contribution in [0.15, 0.2) is 48.5 Å². The highest BCUT2D eigenvalue weighted by atomic mass is 16.5. The molecule has 4 rings (SSSR count). The van der Waals surface area contributed by atoms with Crippen LogP contribution in [0.5, 0.6) is 17.4 Å². The van der Waals surface area contributed by atoms with Crippen molar-refractivity contribution in [1.29, 1.82) is 0 Å². The molecule has 2 aromatic carbocycles. The molecule has 0 bridgehead atoms. The minimum atomic E-state index is -0.137. The second-order valence-corrected chi connectivity index (χ2v) is 7.87. The maximum atomic E-state index is 12.8. The van der Waals surface area contributed by atoms with Gasteiger partial charge in [-0.2, -0.15) is 10.1 Å². The monoisotopic (exact) mass is 460 g/mol. The van der Waals surface area contributed by atoms with Gasteiger partial charge in [0, 0.05) is 23.4 Å². The third kappa shape index (κ3) is 4.39. The lowest BCUT2D eigenvalue weighted by Gasteiger charge is -2.14. The Kier molecular flexibility index (Phi) is 6.67. The van der Waals surface area contributed by atoms with Gasteiger partial charge in [0.15, 0.2) is 5.65 Å². The van der Waals surface area contributed by atoms with Crippen molar-refractivity contribution in [2.75, 3.05) is 26.6 Å². The Labute approximate surface area is 198 Å². The molecule has 0 aliphatic rings. The average molecular weight is 461 g/mol. The van der Waals surface area contributed by atoms with Crippen molar-refractivity contribution < 1.29 is 19.0 Å². The van der Waals surface area contributed by atoms with E-state index >= 15 is 0 Å². The molecule has 1 amide bonds. The summed E-state index contributed by atoms with van der Waals surface area (Å²) >= 11 is 0. The topological polar surface area (TPSA) is 87.5 Å². The van der Waals surface area contributed by atoms with Gasteiger partial charge in [0.2, 0.25) is 11.8 Å². The molecule has 0 aliphatic heterocycles. The Hall–Kier alpha value is -4.07. The zero-order valence-electron chi connectivity index (χ0n) is 20.0. The molecule has 0 fully saturated rings. The molecule has 0 unspecified atom stereocenters. The van der Waals surface area contributed by atoms with Crippen LogP contribution in [-0.4, -0.2) is 42.0 Å². The quantitative estimate of drug-likeness (QED) is 0.412. The van der Waals surface area contributed by atoms with Crippen molar-refractivity contribution in [3.63, 3.8) is 0 Å². The van der Waals surface area contributed by atoms with Gasteiger partial charge in [0.05, 0.1) is 38.4 Å². The molecule has 0 saturated heterocycles. The van der Waals surface area contributed by atoms with Gasteiger partial charge in [0.1, 0.15) is 11.5 Å². The number of carbonyl (C=O) groups is 1. The average Bonchev–Trinajstić information content (AvgIpc) is 3.20. The lowest BCUT2D eigenvalue weighted by atomic mass is 10.0. The summed E-state index contributed by atoms with van der Waals surface area (Å²) in [6.45, 7) is 3.99. The molecular formula is C26H28N4O4. The van der Waals surface area contributed by atoms with Gasteiger partial charge in [0.25, 0.3) is 0 Å². The Morgan fingerprint density at radius 2 is 1.76 bits per heavy atom. The van der Waals surface area contributed by atoms with Crippen LogP contribution in [0, 0.1) is 13.8 Å². The number of nitrogens with zero attached hydrogens (tertiary/aromatic N) is 3. The Morgan fingerprint density at radius 3 is 2.44 bits per heavy atom. The van der Waals surface area contributed by atoms with Gasteiger partial charge in [-0.15, -0.1) is 0 Å². The summed E-state index contributed by atoms with van der Waals surface area (Å²) in [7, 11) is 4.73. The number of fused-ring (bicyclic) bond motifs is 1. The maximum absolute atomic E-state index is 12.8. The second-order valence-electron chi connectivity index (χ2n) is 7.87. The number of para-hydroxylation sites is 1. The van der Waals surface area contributed by atoms with Gasteiger partial charge >= 0.3 is 0 Å². The van der Waals surface area contributed by atoms with E-state index in [1.807, 2.05) is 48.9 Å². The summed E-state index contributed by atoms with van der Waals surface area (Å²) < 4.78 is 18.0. The van der Waals surface area contributed by atoms with Crippen LogP contribution in [0.3, 0.4) is 0 Å². The molecule has 8 heteroatoms.